The first-order chi connectivity index (χ1) is 29.1. The zero-order valence-corrected chi connectivity index (χ0v) is 36.9. The normalized spacial score (nSPS) is 23.0. The van der Waals surface area contributed by atoms with Crippen LogP contribution in [0.5, 0.6) is 0 Å². The Labute approximate surface area is 361 Å². The summed E-state index contributed by atoms with van der Waals surface area (Å²) in [7, 11) is -0.628. The lowest BCUT2D eigenvalue weighted by Gasteiger charge is -2.64. The second-order valence-electron chi connectivity index (χ2n) is 17.9. The molecule has 1 aromatic heterocycles. The number of hydrogen-bond acceptors (Lipinski definition) is 11. The molecule has 3 saturated carbocycles. The monoisotopic (exact) mass is 846 g/mol. The van der Waals surface area contributed by atoms with E-state index >= 15 is 0 Å². The summed E-state index contributed by atoms with van der Waals surface area (Å²) in [6.45, 7) is 12.6. The lowest BCUT2D eigenvalue weighted by molar-refractivity contribution is -0.199. The van der Waals surface area contributed by atoms with E-state index < -0.39 is 72.9 Å². The Morgan fingerprint density at radius 2 is 1.44 bits per heavy atom. The summed E-state index contributed by atoms with van der Waals surface area (Å²) < 4.78 is 12.9. The van der Waals surface area contributed by atoms with E-state index in [1.165, 1.54) is 24.9 Å². The zero-order chi connectivity index (χ0) is 44.3. The highest BCUT2D eigenvalue weighted by atomic mass is 16.7. The molecule has 4 unspecified atom stereocenters. The van der Waals surface area contributed by atoms with Crippen LogP contribution < -0.4 is 38.1 Å². The predicted molar refractivity (Wildman–Crippen MR) is 233 cm³/mol. The Bertz CT molecular complexity index is 1820. The number of hydrogen-bond donors (Lipinski definition) is 7. The van der Waals surface area contributed by atoms with Crippen LogP contribution in [0.1, 0.15) is 122 Å². The van der Waals surface area contributed by atoms with E-state index in [4.69, 9.17) is 20.8 Å². The third-order valence-electron chi connectivity index (χ3n) is 13.0. The first-order valence-corrected chi connectivity index (χ1v) is 22.2. The van der Waals surface area contributed by atoms with Crippen molar-refractivity contribution in [2.24, 2.45) is 28.7 Å². The average molecular weight is 846 g/mol. The molecule has 61 heavy (non-hydrogen) atoms. The fourth-order valence-corrected chi connectivity index (χ4v) is 9.01. The van der Waals surface area contributed by atoms with Gasteiger partial charge >= 0.3 is 7.12 Å². The minimum Gasteiger partial charge on any atom is -0.404 e. The van der Waals surface area contributed by atoms with Gasteiger partial charge in [-0.3, -0.25) is 24.0 Å². The average Bonchev–Trinajstić information content (AvgIpc) is 3.62. The Balaban J connectivity index is 1.12. The molecule has 5 amide bonds. The molecule has 3 aliphatic carbocycles. The highest BCUT2D eigenvalue weighted by molar-refractivity contribution is 6.47. The van der Waals surface area contributed by atoms with Crippen molar-refractivity contribution < 1.29 is 33.3 Å². The minimum absolute atomic E-state index is 0.0385. The lowest BCUT2D eigenvalue weighted by Crippen LogP contribution is -2.65. The molecule has 2 bridgehead atoms. The molecule has 9 N–H and O–H groups in total. The van der Waals surface area contributed by atoms with Crippen LogP contribution in [-0.2, 0) is 34.9 Å². The number of nitrogens with zero attached hydrogens (tertiary/aromatic N) is 2. The van der Waals surface area contributed by atoms with E-state index in [0.29, 0.717) is 62.9 Å². The summed E-state index contributed by atoms with van der Waals surface area (Å²) in [6, 6.07) is 5.03. The van der Waals surface area contributed by atoms with Crippen molar-refractivity contribution in [3.8, 4) is 11.4 Å². The van der Waals surface area contributed by atoms with Crippen LogP contribution in [0.25, 0.3) is 11.4 Å². The molecular weight excluding hydrogens is 777 g/mol. The van der Waals surface area contributed by atoms with Gasteiger partial charge in [0.25, 0.3) is 5.91 Å². The summed E-state index contributed by atoms with van der Waals surface area (Å²) >= 11 is 0. The minimum atomic E-state index is -1.05. The van der Waals surface area contributed by atoms with Crippen LogP contribution in [0, 0.1) is 17.3 Å². The van der Waals surface area contributed by atoms with Crippen LogP contribution >= 0.6 is 0 Å². The maximum atomic E-state index is 13.7. The van der Waals surface area contributed by atoms with Crippen molar-refractivity contribution in [3.63, 3.8) is 0 Å². The maximum absolute atomic E-state index is 13.7. The van der Waals surface area contributed by atoms with E-state index in [-0.39, 0.29) is 23.5 Å². The Hall–Kier alpha value is -4.45. The summed E-state index contributed by atoms with van der Waals surface area (Å²) in [4.78, 5) is 75.3. The number of carbonyl (C=O) groups is 5. The molecule has 16 nitrogen and oxygen atoms in total. The van der Waals surface area contributed by atoms with Gasteiger partial charge in [0, 0.05) is 18.0 Å². The topological polar surface area (TPSA) is 242 Å². The SMILES string of the molecule is CCCCc1ccc(-c2ncc(C(=O)NCC(=O)NC(CCCCN)C(=O)N[C@@H](C)C(=O)NC(CCCCN)C(=O)N[C@@H](C)B3O[C@@H]4CC5CC(C5(C)C)[C@]4(C)O3)cn2)cc1. The van der Waals surface area contributed by atoms with Gasteiger partial charge in [0.1, 0.15) is 18.1 Å². The van der Waals surface area contributed by atoms with Gasteiger partial charge in [-0.25, -0.2) is 9.97 Å². The second-order valence-corrected chi connectivity index (χ2v) is 17.9. The molecule has 2 aromatic rings. The Kier molecular flexibility index (Phi) is 16.8. The third kappa shape index (κ3) is 11.9. The number of carbonyl (C=O) groups excluding carboxylic acids is 5. The fourth-order valence-electron chi connectivity index (χ4n) is 9.01. The van der Waals surface area contributed by atoms with E-state index in [2.05, 4.69) is 64.2 Å². The number of nitrogens with two attached hydrogens (primary N) is 2. The number of amides is 5. The van der Waals surface area contributed by atoms with Gasteiger partial charge in [0.05, 0.1) is 29.8 Å². The molecule has 6 rings (SSSR count). The van der Waals surface area contributed by atoms with Crippen LogP contribution in [-0.4, -0.2) is 102 Å². The number of rotatable bonds is 23. The van der Waals surface area contributed by atoms with E-state index in [0.717, 1.165) is 37.7 Å². The molecule has 8 atom stereocenters. The molecule has 0 spiro atoms. The van der Waals surface area contributed by atoms with Gasteiger partial charge < -0.3 is 47.4 Å². The molecule has 1 aromatic carbocycles. The van der Waals surface area contributed by atoms with Gasteiger partial charge in [-0.15, -0.1) is 0 Å². The van der Waals surface area contributed by atoms with Crippen LogP contribution in [0.15, 0.2) is 36.7 Å². The fraction of sp³-hybridized carbons (Fsp3) is 0.659. The number of aromatic nitrogens is 2. The molecule has 4 aliphatic rings. The molecule has 2 heterocycles. The largest absolute Gasteiger partial charge is 0.481 e. The molecule has 334 valence electrons. The van der Waals surface area contributed by atoms with Crippen molar-refractivity contribution in [2.45, 2.75) is 148 Å². The number of benzene rings is 1. The van der Waals surface area contributed by atoms with Crippen molar-refractivity contribution >= 4 is 36.7 Å². The summed E-state index contributed by atoms with van der Waals surface area (Å²) in [5, 5.41) is 13.7. The van der Waals surface area contributed by atoms with Gasteiger partial charge in [-0.2, -0.15) is 0 Å². The molecular formula is C44H68BN9O7. The quantitative estimate of drug-likeness (QED) is 0.0634. The number of aryl methyl sites for hydroxylation is 1. The number of unbranched alkanes of at least 4 members (excludes halogenated alkanes) is 3. The van der Waals surface area contributed by atoms with Crippen LogP contribution in [0.3, 0.4) is 0 Å². The maximum Gasteiger partial charge on any atom is 0.481 e. The van der Waals surface area contributed by atoms with E-state index in [1.54, 1.807) is 0 Å². The first-order valence-electron chi connectivity index (χ1n) is 22.2. The molecule has 4 fully saturated rings. The predicted octanol–water partition coefficient (Wildman–Crippen LogP) is 2.72. The van der Waals surface area contributed by atoms with Crippen molar-refractivity contribution in [3.05, 3.63) is 47.8 Å². The van der Waals surface area contributed by atoms with E-state index in [1.807, 2.05) is 31.2 Å². The van der Waals surface area contributed by atoms with Crippen molar-refractivity contribution in [1.82, 2.24) is 36.6 Å². The standard InChI is InChI=1S/C44H68BN9O7/c1-7-8-13-29-16-18-30(19-17-29)38-48-24-31(25-49-38)40(57)50-26-37(55)53-33(14-9-11-20-46)41(58)51-27(2)39(56)54-34(15-10-12-21-47)42(59)52-28(3)45-60-36-23-32-22-35(43(32,4)5)44(36,6)61-45/h16-19,24-25,27-28,32-36H,7-15,20-23,26,46-47H2,1-6H3,(H,50,57)(H,51,58)(H,52,59)(H,53,55)(H,54,56)/t27-,28-,32?,33?,34?,35?,36+,44-/m0/s1. The highest BCUT2D eigenvalue weighted by Crippen LogP contribution is 2.65. The molecule has 17 heteroatoms. The van der Waals surface area contributed by atoms with E-state index in [9.17, 15) is 24.0 Å². The summed E-state index contributed by atoms with van der Waals surface area (Å²) in [5.74, 6) is -1.76. The van der Waals surface area contributed by atoms with Gasteiger partial charge in [0.2, 0.25) is 23.6 Å². The third-order valence-corrected chi connectivity index (χ3v) is 13.0. The summed E-state index contributed by atoms with van der Waals surface area (Å²) in [5.41, 5.74) is 13.4. The van der Waals surface area contributed by atoms with Gasteiger partial charge in [-0.1, -0.05) is 51.5 Å². The first kappa shape index (κ1) is 47.6. The molecule has 0 radical (unpaired) electrons. The highest BCUT2D eigenvalue weighted by Gasteiger charge is 2.68. The van der Waals surface area contributed by atoms with Crippen molar-refractivity contribution in [2.75, 3.05) is 19.6 Å². The zero-order valence-electron chi connectivity index (χ0n) is 36.9. The van der Waals surface area contributed by atoms with Crippen molar-refractivity contribution in [1.29, 1.82) is 0 Å². The van der Waals surface area contributed by atoms with Crippen LogP contribution in [0.4, 0.5) is 0 Å². The second kappa shape index (κ2) is 21.6. The Morgan fingerprint density at radius 1 is 0.820 bits per heavy atom. The lowest BCUT2D eigenvalue weighted by atomic mass is 9.43. The number of nitrogens with one attached hydrogen (secondary N) is 5. The molecule has 1 saturated heterocycles. The molecule has 1 aliphatic heterocycles. The van der Waals surface area contributed by atoms with Crippen LogP contribution in [0.2, 0.25) is 0 Å². The van der Waals surface area contributed by atoms with Gasteiger partial charge in [0.15, 0.2) is 5.82 Å². The smallest absolute Gasteiger partial charge is 0.404 e. The Morgan fingerprint density at radius 3 is 2.05 bits per heavy atom. The van der Waals surface area contributed by atoms with Gasteiger partial charge in [-0.05, 0) is 121 Å². The summed E-state index contributed by atoms with van der Waals surface area (Å²) in [6.07, 6.45) is 11.0.